The minimum absolute atomic E-state index is 0.0255. The van der Waals surface area contributed by atoms with Crippen LogP contribution in [0.5, 0.6) is 0 Å². The fraction of sp³-hybridized carbons (Fsp3) is 0.419. The number of anilines is 1. The van der Waals surface area contributed by atoms with Crippen LogP contribution in [-0.2, 0) is 14.3 Å². The minimum atomic E-state index is -0.882. The first kappa shape index (κ1) is 35.8. The van der Waals surface area contributed by atoms with Crippen molar-refractivity contribution in [3.8, 4) is 10.6 Å². The lowest BCUT2D eigenvalue weighted by Gasteiger charge is -2.31. The second kappa shape index (κ2) is 17.7. The number of rotatable bonds is 8. The molecular weight excluding hydrogens is 626 g/mol. The largest absolute Gasteiger partial charge is 0.382 e. The topological polar surface area (TPSA) is 114 Å². The maximum Gasteiger partial charge on any atom is 0.261 e. The second-order valence-electron chi connectivity index (χ2n) is 10.4. The third-order valence-electron chi connectivity index (χ3n) is 6.43. The van der Waals surface area contributed by atoms with Crippen molar-refractivity contribution in [1.82, 2.24) is 14.8 Å². The third kappa shape index (κ3) is 10.7. The van der Waals surface area contributed by atoms with Gasteiger partial charge in [-0.2, -0.15) is 0 Å². The predicted octanol–water partition coefficient (Wildman–Crippen LogP) is 5.23. The number of aliphatic imine (C=N–C) groups is 1. The molecule has 0 unspecified atom stereocenters. The Labute approximate surface area is 271 Å². The Morgan fingerprint density at radius 2 is 1.80 bits per heavy atom. The first-order chi connectivity index (χ1) is 21.6. The van der Waals surface area contributed by atoms with Crippen molar-refractivity contribution in [3.63, 3.8) is 0 Å². The van der Waals surface area contributed by atoms with Crippen LogP contribution in [0.1, 0.15) is 41.2 Å². The number of ether oxygens (including phenoxy) is 2. The van der Waals surface area contributed by atoms with Crippen LogP contribution in [0.15, 0.2) is 47.6 Å². The zero-order valence-corrected chi connectivity index (χ0v) is 27.4. The molecule has 0 spiro atoms. The summed E-state index contributed by atoms with van der Waals surface area (Å²) in [6, 6.07) is 7.06. The van der Waals surface area contributed by atoms with Gasteiger partial charge in [0.2, 0.25) is 6.41 Å². The van der Waals surface area contributed by atoms with Gasteiger partial charge in [0.25, 0.3) is 5.91 Å². The molecule has 5 rings (SSSR count). The summed E-state index contributed by atoms with van der Waals surface area (Å²) in [7, 11) is 6.27. The lowest BCUT2D eigenvalue weighted by atomic mass is 10.0. The highest BCUT2D eigenvalue weighted by Gasteiger charge is 2.31. The minimum Gasteiger partial charge on any atom is -0.382 e. The Bertz CT molecular complexity index is 1430. The van der Waals surface area contributed by atoms with Gasteiger partial charge in [0, 0.05) is 58.5 Å². The van der Waals surface area contributed by atoms with E-state index in [2.05, 4.69) is 14.9 Å². The van der Waals surface area contributed by atoms with Crippen molar-refractivity contribution < 1.29 is 27.8 Å². The number of amides is 2. The molecule has 1 aliphatic heterocycles. The molecule has 1 saturated heterocycles. The van der Waals surface area contributed by atoms with Crippen LogP contribution in [0.3, 0.4) is 0 Å². The number of benzene rings is 2. The fourth-order valence-corrected chi connectivity index (χ4v) is 5.30. The number of nitrogens with two attached hydrogens (primary N) is 1. The fourth-order valence-electron chi connectivity index (χ4n) is 4.04. The standard InChI is InChI=1S/C25H26ClF2N5O3S.C3H7NO.C3H6/c1-30-25(29)33(24(34)16-9-17(27)12-18(28)10-16)21(14-35-2)15-3-4-20(26)19(11-15)23-31-13-22(37-23)32-5-7-36-8-6-32;1-4(2)3-5;1-2-3-1/h3-4,9-13,21H,5-8,14H2,1-2H3,(H2,29,30);3H,1-2H3;1-3H2/t21-;;/m1../s1. The van der Waals surface area contributed by atoms with Crippen LogP contribution in [0, 0.1) is 11.6 Å². The number of nitrogens with zero attached hydrogens (tertiary/aromatic N) is 5. The summed E-state index contributed by atoms with van der Waals surface area (Å²) < 4.78 is 38.6. The van der Waals surface area contributed by atoms with Crippen molar-refractivity contribution in [1.29, 1.82) is 0 Å². The van der Waals surface area contributed by atoms with E-state index in [1.165, 1.54) is 49.7 Å². The van der Waals surface area contributed by atoms with Crippen molar-refractivity contribution in [2.75, 3.05) is 66.1 Å². The number of halogens is 3. The highest BCUT2D eigenvalue weighted by molar-refractivity contribution is 7.19. The predicted molar refractivity (Wildman–Crippen MR) is 174 cm³/mol. The number of thiazole rings is 1. The molecule has 10 nitrogen and oxygen atoms in total. The first-order valence-corrected chi connectivity index (χ1v) is 15.5. The molecule has 2 amide bonds. The van der Waals surface area contributed by atoms with Crippen LogP contribution in [-0.4, -0.2) is 94.2 Å². The van der Waals surface area contributed by atoms with Crippen LogP contribution in [0.2, 0.25) is 5.02 Å². The maximum atomic E-state index is 13.9. The zero-order chi connectivity index (χ0) is 32.9. The van der Waals surface area contributed by atoms with Gasteiger partial charge in [-0.25, -0.2) is 13.8 Å². The Morgan fingerprint density at radius 3 is 2.33 bits per heavy atom. The van der Waals surface area contributed by atoms with Crippen LogP contribution in [0.25, 0.3) is 10.6 Å². The van der Waals surface area contributed by atoms with Gasteiger partial charge in [-0.1, -0.05) is 48.3 Å². The van der Waals surface area contributed by atoms with E-state index in [9.17, 15) is 18.4 Å². The van der Waals surface area contributed by atoms with E-state index in [-0.39, 0.29) is 18.1 Å². The lowest BCUT2D eigenvalue weighted by Crippen LogP contribution is -2.46. The van der Waals surface area contributed by atoms with Crippen molar-refractivity contribution in [2.45, 2.75) is 25.3 Å². The van der Waals surface area contributed by atoms with Gasteiger partial charge in [0.15, 0.2) is 5.96 Å². The molecule has 1 aromatic heterocycles. The van der Waals surface area contributed by atoms with E-state index >= 15 is 0 Å². The average Bonchev–Trinajstić information content (AvgIpc) is 3.85. The molecule has 2 fully saturated rings. The molecule has 2 N–H and O–H groups in total. The van der Waals surface area contributed by atoms with E-state index in [0.29, 0.717) is 40.4 Å². The molecule has 2 aromatic carbocycles. The molecule has 0 bridgehead atoms. The van der Waals surface area contributed by atoms with E-state index in [0.717, 1.165) is 41.5 Å². The quantitative estimate of drug-likeness (QED) is 0.199. The number of carbonyl (C=O) groups excluding carboxylic acids is 2. The highest BCUT2D eigenvalue weighted by atomic mass is 35.5. The molecule has 14 heteroatoms. The number of aromatic nitrogens is 1. The molecule has 1 atom stereocenters. The van der Waals surface area contributed by atoms with Gasteiger partial charge in [-0.15, -0.1) is 0 Å². The van der Waals surface area contributed by atoms with Gasteiger partial charge in [-0.05, 0) is 29.8 Å². The molecule has 0 radical (unpaired) electrons. The van der Waals surface area contributed by atoms with Gasteiger partial charge in [0.1, 0.15) is 21.6 Å². The molecule has 45 heavy (non-hydrogen) atoms. The SMILES string of the molecule is C1CC1.CN(C)C=O.CN=C(N)N(C(=O)c1cc(F)cc(F)c1)[C@H](COC)c1ccc(Cl)c(-c2ncc(N3CCOCC3)s2)c1. The van der Waals surface area contributed by atoms with Crippen molar-refractivity contribution in [3.05, 3.63) is 70.4 Å². The van der Waals surface area contributed by atoms with Crippen LogP contribution >= 0.6 is 22.9 Å². The van der Waals surface area contributed by atoms with Crippen LogP contribution in [0.4, 0.5) is 13.8 Å². The molecule has 3 aromatic rings. The summed E-state index contributed by atoms with van der Waals surface area (Å²) in [5, 5.41) is 2.18. The number of hydrogen-bond acceptors (Lipinski definition) is 8. The number of methoxy groups -OCH3 is 1. The zero-order valence-electron chi connectivity index (χ0n) is 25.8. The third-order valence-corrected chi connectivity index (χ3v) is 7.85. The highest BCUT2D eigenvalue weighted by Crippen LogP contribution is 2.37. The van der Waals surface area contributed by atoms with Gasteiger partial charge < -0.3 is 25.0 Å². The Balaban J connectivity index is 0.000000608. The summed E-state index contributed by atoms with van der Waals surface area (Å²) in [6.45, 7) is 2.89. The van der Waals surface area contributed by atoms with E-state index < -0.39 is 23.6 Å². The Hall–Kier alpha value is -3.65. The van der Waals surface area contributed by atoms with E-state index in [1.54, 1.807) is 32.4 Å². The summed E-state index contributed by atoms with van der Waals surface area (Å²) >= 11 is 8.06. The van der Waals surface area contributed by atoms with Gasteiger partial charge in [0.05, 0.1) is 37.1 Å². The summed E-state index contributed by atoms with van der Waals surface area (Å²) in [4.78, 5) is 36.2. The molecule has 244 valence electrons. The summed E-state index contributed by atoms with van der Waals surface area (Å²) in [5.74, 6) is -2.64. The second-order valence-corrected chi connectivity index (χ2v) is 11.8. The molecule has 2 aliphatic rings. The van der Waals surface area contributed by atoms with Crippen LogP contribution < -0.4 is 10.6 Å². The van der Waals surface area contributed by atoms with E-state index in [4.69, 9.17) is 26.8 Å². The smallest absolute Gasteiger partial charge is 0.261 e. The monoisotopic (exact) mass is 664 g/mol. The van der Waals surface area contributed by atoms with E-state index in [1.807, 2.05) is 6.07 Å². The molecule has 1 saturated carbocycles. The molecular formula is C31H39ClF2N6O4S. The summed E-state index contributed by atoms with van der Waals surface area (Å²) in [5.41, 5.74) is 7.21. The number of guanidine groups is 1. The molecule has 1 aliphatic carbocycles. The van der Waals surface area contributed by atoms with Gasteiger partial charge >= 0.3 is 0 Å². The number of hydrogen-bond donors (Lipinski definition) is 1. The lowest BCUT2D eigenvalue weighted by molar-refractivity contribution is -0.115. The normalized spacial score (nSPS) is 14.7. The Kier molecular flexibility index (Phi) is 14.1. The van der Waals surface area contributed by atoms with Gasteiger partial charge in [-0.3, -0.25) is 19.5 Å². The average molecular weight is 665 g/mol. The first-order valence-electron chi connectivity index (χ1n) is 14.3. The number of carbonyl (C=O) groups is 2. The van der Waals surface area contributed by atoms with Crippen molar-refractivity contribution >= 4 is 46.2 Å². The maximum absolute atomic E-state index is 13.9. The Morgan fingerprint density at radius 1 is 1.18 bits per heavy atom. The number of morpholine rings is 1. The molecule has 2 heterocycles. The van der Waals surface area contributed by atoms with Crippen molar-refractivity contribution in [2.24, 2.45) is 10.7 Å². The summed E-state index contributed by atoms with van der Waals surface area (Å²) in [6.07, 6.45) is 7.05.